The third kappa shape index (κ3) is 5.11. The lowest BCUT2D eigenvalue weighted by Gasteiger charge is -2.41. The van der Waals surface area contributed by atoms with Crippen molar-refractivity contribution < 1.29 is 22.7 Å². The van der Waals surface area contributed by atoms with Crippen molar-refractivity contribution in [2.24, 2.45) is 10.7 Å². The summed E-state index contributed by atoms with van der Waals surface area (Å²) in [6, 6.07) is 4.93. The molecule has 2 amide bonds. The molecular weight excluding hydrogens is 456 g/mol. The highest BCUT2D eigenvalue weighted by Crippen LogP contribution is 2.38. The van der Waals surface area contributed by atoms with E-state index in [2.05, 4.69) is 4.99 Å². The van der Waals surface area contributed by atoms with Crippen molar-refractivity contribution in [3.05, 3.63) is 30.0 Å². The van der Waals surface area contributed by atoms with Gasteiger partial charge in [0.15, 0.2) is 9.84 Å². The van der Waals surface area contributed by atoms with Gasteiger partial charge in [-0.3, -0.25) is 14.7 Å². The third-order valence-electron chi connectivity index (χ3n) is 6.67. The van der Waals surface area contributed by atoms with Crippen LogP contribution in [0.25, 0.3) is 5.57 Å². The fourth-order valence-electron chi connectivity index (χ4n) is 4.67. The Morgan fingerprint density at radius 1 is 1.18 bits per heavy atom. The van der Waals surface area contributed by atoms with Crippen LogP contribution in [0.4, 0.5) is 16.2 Å². The molecule has 4 rings (SSSR count). The maximum absolute atomic E-state index is 13.0. The molecule has 3 aliphatic rings. The summed E-state index contributed by atoms with van der Waals surface area (Å²) in [4.78, 5) is 33.1. The van der Waals surface area contributed by atoms with Crippen LogP contribution in [0.3, 0.4) is 0 Å². The van der Waals surface area contributed by atoms with Gasteiger partial charge < -0.3 is 15.4 Å². The number of rotatable bonds is 4. The summed E-state index contributed by atoms with van der Waals surface area (Å²) in [5.41, 5.74) is 8.41. The number of nitrogens with zero attached hydrogens (tertiary/aromatic N) is 3. The second-order valence-electron chi connectivity index (χ2n) is 9.30. The van der Waals surface area contributed by atoms with E-state index in [0.29, 0.717) is 41.9 Å². The van der Waals surface area contributed by atoms with E-state index < -0.39 is 15.9 Å². The highest BCUT2D eigenvalue weighted by Gasteiger charge is 2.36. The number of allylic oxidation sites excluding steroid dienone is 1. The molecule has 0 aromatic heterocycles. The minimum atomic E-state index is -3.07. The van der Waals surface area contributed by atoms with Crippen molar-refractivity contribution >= 4 is 45.0 Å². The molecule has 1 aromatic carbocycles. The van der Waals surface area contributed by atoms with E-state index in [1.54, 1.807) is 22.1 Å². The maximum Gasteiger partial charge on any atom is 0.414 e. The number of hydrogen-bond donors (Lipinski definition) is 1. The Morgan fingerprint density at radius 3 is 2.56 bits per heavy atom. The van der Waals surface area contributed by atoms with Gasteiger partial charge >= 0.3 is 6.09 Å². The fourth-order valence-corrected chi connectivity index (χ4v) is 6.28. The molecule has 184 valence electrons. The predicted octanol–water partition coefficient (Wildman–Crippen LogP) is 2.88. The van der Waals surface area contributed by atoms with E-state index >= 15 is 0 Å². The minimum Gasteiger partial charge on any atom is -0.446 e. The molecule has 2 atom stereocenters. The number of carbonyl (C=O) groups is 2. The molecule has 1 aromatic rings. The van der Waals surface area contributed by atoms with Gasteiger partial charge in [0.2, 0.25) is 5.91 Å². The molecule has 0 unspecified atom stereocenters. The zero-order valence-corrected chi connectivity index (χ0v) is 20.5. The zero-order chi connectivity index (χ0) is 24.5. The molecule has 9 nitrogen and oxygen atoms in total. The molecule has 2 fully saturated rings. The minimum absolute atomic E-state index is 0.0395. The first-order chi connectivity index (χ1) is 16.2. The van der Waals surface area contributed by atoms with Crippen LogP contribution in [-0.4, -0.2) is 62.9 Å². The third-order valence-corrected chi connectivity index (χ3v) is 8.47. The lowest BCUT2D eigenvalue weighted by Crippen LogP contribution is -2.52. The van der Waals surface area contributed by atoms with Gasteiger partial charge in [0.1, 0.15) is 6.10 Å². The molecule has 2 aliphatic heterocycles. The summed E-state index contributed by atoms with van der Waals surface area (Å²) in [6.07, 6.45) is 6.64. The van der Waals surface area contributed by atoms with Gasteiger partial charge in [-0.05, 0) is 56.7 Å². The van der Waals surface area contributed by atoms with Gasteiger partial charge in [-0.1, -0.05) is 6.07 Å². The van der Waals surface area contributed by atoms with E-state index in [0.717, 1.165) is 19.3 Å². The van der Waals surface area contributed by atoms with Gasteiger partial charge in [0, 0.05) is 31.5 Å². The standard InChI is InChI=1S/C24H32N4O5S/c1-16-14-27(24(30)33-21-6-3-7-21)23-11-18(8-9-22(23)28(16)17(2)29)19(12-25)13-26-20-5-4-10-34(31,32)15-20/h8-9,11-13,16,20-21H,3-7,10,14-15,25H2,1-2H3/b19-12+,26-13?/t16-,20-/m0/s1. The molecule has 1 aliphatic carbocycles. The van der Waals surface area contributed by atoms with Crippen LogP contribution in [0.5, 0.6) is 0 Å². The van der Waals surface area contributed by atoms with Crippen LogP contribution in [0.15, 0.2) is 29.4 Å². The number of amides is 2. The zero-order valence-electron chi connectivity index (χ0n) is 19.6. The van der Waals surface area contributed by atoms with Crippen molar-refractivity contribution in [2.75, 3.05) is 27.9 Å². The van der Waals surface area contributed by atoms with Crippen LogP contribution in [0.2, 0.25) is 0 Å². The lowest BCUT2D eigenvalue weighted by molar-refractivity contribution is -0.117. The Kier molecular flexibility index (Phi) is 6.97. The molecule has 10 heteroatoms. The summed E-state index contributed by atoms with van der Waals surface area (Å²) in [7, 11) is -3.07. The van der Waals surface area contributed by atoms with Crippen LogP contribution in [0, 0.1) is 0 Å². The molecule has 0 radical (unpaired) electrons. The summed E-state index contributed by atoms with van der Waals surface area (Å²) in [5.74, 6) is 0.141. The summed E-state index contributed by atoms with van der Waals surface area (Å²) < 4.78 is 29.5. The Bertz CT molecular complexity index is 1130. The van der Waals surface area contributed by atoms with Gasteiger partial charge in [0.25, 0.3) is 0 Å². The number of sulfone groups is 1. The number of fused-ring (bicyclic) bond motifs is 1. The predicted molar refractivity (Wildman–Crippen MR) is 133 cm³/mol. The summed E-state index contributed by atoms with van der Waals surface area (Å²) >= 11 is 0. The number of hydrogen-bond acceptors (Lipinski definition) is 7. The van der Waals surface area contributed by atoms with Gasteiger partial charge in [-0.2, -0.15) is 0 Å². The van der Waals surface area contributed by atoms with E-state index in [-0.39, 0.29) is 35.6 Å². The number of carbonyl (C=O) groups excluding carboxylic acids is 2. The highest BCUT2D eigenvalue weighted by molar-refractivity contribution is 7.91. The molecular formula is C24H32N4O5S. The smallest absolute Gasteiger partial charge is 0.414 e. The SMILES string of the molecule is CC(=O)N1c2ccc(/C(C=N[C@H]3CCCS(=O)(=O)C3)=C/N)cc2N(C(=O)OC2CCC2)C[C@@H]1C. The monoisotopic (exact) mass is 488 g/mol. The number of anilines is 2. The topological polar surface area (TPSA) is 122 Å². The van der Waals surface area contributed by atoms with Crippen molar-refractivity contribution in [1.29, 1.82) is 0 Å². The quantitative estimate of drug-likeness (QED) is 0.650. The second-order valence-corrected chi connectivity index (χ2v) is 11.5. The van der Waals surface area contributed by atoms with E-state index in [1.165, 1.54) is 13.1 Å². The number of ether oxygens (including phenoxy) is 1. The number of aliphatic imine (C=N–C) groups is 1. The van der Waals surface area contributed by atoms with Crippen molar-refractivity contribution in [3.8, 4) is 0 Å². The Balaban J connectivity index is 1.64. The largest absolute Gasteiger partial charge is 0.446 e. The molecule has 2 N–H and O–H groups in total. The summed E-state index contributed by atoms with van der Waals surface area (Å²) in [5, 5.41) is 0. The Labute approximate surface area is 200 Å². The van der Waals surface area contributed by atoms with Gasteiger partial charge in [-0.25, -0.2) is 13.2 Å². The number of nitrogens with two attached hydrogens (primary N) is 1. The van der Waals surface area contributed by atoms with Crippen LogP contribution < -0.4 is 15.5 Å². The normalized spacial score (nSPS) is 25.1. The van der Waals surface area contributed by atoms with Crippen LogP contribution in [0.1, 0.15) is 51.5 Å². The summed E-state index contributed by atoms with van der Waals surface area (Å²) in [6.45, 7) is 3.72. The van der Waals surface area contributed by atoms with E-state index in [9.17, 15) is 18.0 Å². The average molecular weight is 489 g/mol. The van der Waals surface area contributed by atoms with Crippen molar-refractivity contribution in [1.82, 2.24) is 0 Å². The first-order valence-electron chi connectivity index (χ1n) is 11.8. The first kappa shape index (κ1) is 24.3. The molecule has 0 bridgehead atoms. The first-order valence-corrected chi connectivity index (χ1v) is 13.6. The molecule has 1 saturated carbocycles. The fraction of sp³-hybridized carbons (Fsp3) is 0.542. The Hall–Kier alpha value is -2.88. The molecule has 34 heavy (non-hydrogen) atoms. The van der Waals surface area contributed by atoms with Gasteiger partial charge in [-0.15, -0.1) is 0 Å². The average Bonchev–Trinajstić information content (AvgIpc) is 2.75. The highest BCUT2D eigenvalue weighted by atomic mass is 32.2. The van der Waals surface area contributed by atoms with Crippen LogP contribution >= 0.6 is 0 Å². The Morgan fingerprint density at radius 2 is 1.94 bits per heavy atom. The maximum atomic E-state index is 13.0. The van der Waals surface area contributed by atoms with Crippen LogP contribution in [-0.2, 0) is 19.4 Å². The van der Waals surface area contributed by atoms with Crippen molar-refractivity contribution in [2.45, 2.75) is 64.1 Å². The lowest BCUT2D eigenvalue weighted by atomic mass is 9.96. The van der Waals surface area contributed by atoms with Gasteiger partial charge in [0.05, 0.1) is 35.0 Å². The van der Waals surface area contributed by atoms with Crippen molar-refractivity contribution in [3.63, 3.8) is 0 Å². The van der Waals surface area contributed by atoms with E-state index in [1.807, 2.05) is 19.1 Å². The van der Waals surface area contributed by atoms with E-state index in [4.69, 9.17) is 10.5 Å². The number of benzene rings is 1. The molecule has 1 saturated heterocycles. The molecule has 2 heterocycles. The molecule has 0 spiro atoms. The second kappa shape index (κ2) is 9.77.